The summed E-state index contributed by atoms with van der Waals surface area (Å²) in [6, 6.07) is 14.9. The molecule has 0 spiro atoms. The third kappa shape index (κ3) is 3.48. The number of nitrogens with zero attached hydrogens (tertiary/aromatic N) is 1. The van der Waals surface area contributed by atoms with E-state index in [1.807, 2.05) is 19.1 Å². The van der Waals surface area contributed by atoms with Crippen molar-refractivity contribution in [2.45, 2.75) is 13.3 Å². The Kier molecular flexibility index (Phi) is 5.10. The molecule has 0 aliphatic rings. The first-order valence-corrected chi connectivity index (χ1v) is 8.87. The van der Waals surface area contributed by atoms with Crippen molar-refractivity contribution in [1.82, 2.24) is 0 Å². The molecule has 6 heteroatoms. The molecule has 1 aromatic heterocycles. The van der Waals surface area contributed by atoms with Gasteiger partial charge < -0.3 is 5.32 Å². The fourth-order valence-electron chi connectivity index (χ4n) is 2.56. The van der Waals surface area contributed by atoms with Gasteiger partial charge in [-0.15, -0.1) is 11.3 Å². The number of aryl methyl sites for hydroxylation is 1. The summed E-state index contributed by atoms with van der Waals surface area (Å²) >= 11 is 1.07. The van der Waals surface area contributed by atoms with E-state index in [1.165, 1.54) is 12.1 Å². The molecule has 0 saturated carbocycles. The van der Waals surface area contributed by atoms with Crippen molar-refractivity contribution < 1.29 is 14.0 Å². The maximum atomic E-state index is 13.8. The highest BCUT2D eigenvalue weighted by Crippen LogP contribution is 2.29. The van der Waals surface area contributed by atoms with Crippen LogP contribution >= 0.6 is 11.3 Å². The van der Waals surface area contributed by atoms with Gasteiger partial charge in [0.15, 0.2) is 11.7 Å². The fourth-order valence-corrected chi connectivity index (χ4v) is 3.61. The first-order chi connectivity index (χ1) is 12.5. The number of nitriles is 1. The van der Waals surface area contributed by atoms with Gasteiger partial charge in [0.2, 0.25) is 5.91 Å². The predicted octanol–water partition coefficient (Wildman–Crippen LogP) is 4.56. The highest BCUT2D eigenvalue weighted by molar-refractivity contribution is 7.20. The van der Waals surface area contributed by atoms with Crippen molar-refractivity contribution in [3.05, 3.63) is 64.8 Å². The third-order valence-corrected chi connectivity index (χ3v) is 5.15. The number of hydrogen-bond donors (Lipinski definition) is 1. The summed E-state index contributed by atoms with van der Waals surface area (Å²) in [6.07, 6.45) is 0.871. The summed E-state index contributed by atoms with van der Waals surface area (Å²) in [5.74, 6) is -3.25. The number of hydrogen-bond acceptors (Lipinski definition) is 4. The van der Waals surface area contributed by atoms with E-state index in [-0.39, 0.29) is 4.88 Å². The number of nitrogens with one attached hydrogen (secondary N) is 1. The molecule has 0 aliphatic heterocycles. The number of Topliss-reactive ketones (excluding diaryl/α,β-unsaturated/α-hetero) is 1. The van der Waals surface area contributed by atoms with Crippen molar-refractivity contribution in [1.29, 1.82) is 5.26 Å². The van der Waals surface area contributed by atoms with Crippen LogP contribution in [0, 0.1) is 23.1 Å². The average Bonchev–Trinajstić information content (AvgIpc) is 3.08. The molecule has 0 aliphatic carbocycles. The van der Waals surface area contributed by atoms with Crippen molar-refractivity contribution in [2.24, 2.45) is 5.92 Å². The van der Waals surface area contributed by atoms with Gasteiger partial charge in [-0.3, -0.25) is 9.59 Å². The molecule has 1 atom stereocenters. The van der Waals surface area contributed by atoms with Gasteiger partial charge in [0.25, 0.3) is 0 Å². The van der Waals surface area contributed by atoms with E-state index in [0.29, 0.717) is 15.8 Å². The molecule has 1 heterocycles. The maximum Gasteiger partial charge on any atom is 0.249 e. The number of halogens is 1. The monoisotopic (exact) mass is 366 g/mol. The molecule has 0 bridgehead atoms. The molecule has 1 N–H and O–H groups in total. The lowest BCUT2D eigenvalue weighted by Gasteiger charge is -2.09. The van der Waals surface area contributed by atoms with Crippen LogP contribution in [0.4, 0.5) is 10.1 Å². The highest BCUT2D eigenvalue weighted by Gasteiger charge is 2.29. The van der Waals surface area contributed by atoms with Crippen LogP contribution in [-0.2, 0) is 11.2 Å². The lowest BCUT2D eigenvalue weighted by molar-refractivity contribution is -0.117. The van der Waals surface area contributed by atoms with E-state index in [4.69, 9.17) is 0 Å². The zero-order valence-electron chi connectivity index (χ0n) is 14.0. The van der Waals surface area contributed by atoms with Gasteiger partial charge in [-0.05, 0) is 42.3 Å². The van der Waals surface area contributed by atoms with Crippen LogP contribution < -0.4 is 5.32 Å². The Morgan fingerprint density at radius 1 is 1.23 bits per heavy atom. The Balaban J connectivity index is 1.82. The van der Waals surface area contributed by atoms with E-state index in [1.54, 1.807) is 30.3 Å². The number of ketones is 1. The van der Waals surface area contributed by atoms with E-state index < -0.39 is 23.4 Å². The summed E-state index contributed by atoms with van der Waals surface area (Å²) in [7, 11) is 0. The summed E-state index contributed by atoms with van der Waals surface area (Å²) in [5, 5.41) is 12.2. The zero-order valence-corrected chi connectivity index (χ0v) is 14.8. The van der Waals surface area contributed by atoms with E-state index >= 15 is 0 Å². The zero-order chi connectivity index (χ0) is 18.7. The van der Waals surface area contributed by atoms with Crippen molar-refractivity contribution in [3.63, 3.8) is 0 Å². The largest absolute Gasteiger partial charge is 0.325 e. The van der Waals surface area contributed by atoms with Gasteiger partial charge in [0.1, 0.15) is 5.82 Å². The summed E-state index contributed by atoms with van der Waals surface area (Å²) in [5.41, 5.74) is 1.63. The van der Waals surface area contributed by atoms with Gasteiger partial charge >= 0.3 is 0 Å². The molecule has 1 amide bonds. The van der Waals surface area contributed by atoms with Crippen LogP contribution in [0.5, 0.6) is 0 Å². The number of thiophene rings is 1. The topological polar surface area (TPSA) is 70.0 Å². The summed E-state index contributed by atoms with van der Waals surface area (Å²) in [4.78, 5) is 25.2. The summed E-state index contributed by atoms with van der Waals surface area (Å²) in [6.45, 7) is 2.02. The van der Waals surface area contributed by atoms with E-state index in [9.17, 15) is 19.2 Å². The average molecular weight is 366 g/mol. The Morgan fingerprint density at radius 2 is 1.96 bits per heavy atom. The number of fused-ring (bicyclic) bond motifs is 1. The van der Waals surface area contributed by atoms with Crippen molar-refractivity contribution in [3.8, 4) is 6.07 Å². The second-order valence-electron chi connectivity index (χ2n) is 5.73. The normalized spacial score (nSPS) is 11.7. The second-order valence-corrected chi connectivity index (χ2v) is 6.81. The molecule has 2 aromatic carbocycles. The first kappa shape index (κ1) is 17.8. The minimum absolute atomic E-state index is 0.188. The number of carbonyl (C=O) groups excluding carboxylic acids is 2. The lowest BCUT2D eigenvalue weighted by Crippen LogP contribution is -2.28. The van der Waals surface area contributed by atoms with Crippen LogP contribution in [-0.4, -0.2) is 11.7 Å². The Bertz CT molecular complexity index is 1020. The minimum Gasteiger partial charge on any atom is -0.325 e. The van der Waals surface area contributed by atoms with Gasteiger partial charge in [0, 0.05) is 15.8 Å². The molecule has 26 heavy (non-hydrogen) atoms. The number of amides is 1. The van der Waals surface area contributed by atoms with Crippen LogP contribution in [0.25, 0.3) is 10.1 Å². The van der Waals surface area contributed by atoms with Crippen LogP contribution in [0.15, 0.2) is 48.5 Å². The number of benzene rings is 2. The van der Waals surface area contributed by atoms with Gasteiger partial charge in [-0.2, -0.15) is 5.26 Å². The van der Waals surface area contributed by atoms with Crippen molar-refractivity contribution in [2.75, 3.05) is 5.32 Å². The van der Waals surface area contributed by atoms with Crippen LogP contribution in [0.1, 0.15) is 22.2 Å². The quantitative estimate of drug-likeness (QED) is 0.531. The first-order valence-electron chi connectivity index (χ1n) is 8.05. The van der Waals surface area contributed by atoms with Gasteiger partial charge in [0.05, 0.1) is 10.9 Å². The molecule has 0 fully saturated rings. The molecule has 4 nitrogen and oxygen atoms in total. The standard InChI is InChI=1S/C20H15FN2O2S/c1-2-12-6-8-13(9-7-12)23-20(25)15(11-22)19(24)18-10-14-16(21)4-3-5-17(14)26-18/h3-10,15H,2H2,1H3,(H,23,25). The highest BCUT2D eigenvalue weighted by atomic mass is 32.1. The fraction of sp³-hybridized carbons (Fsp3) is 0.150. The summed E-state index contributed by atoms with van der Waals surface area (Å²) < 4.78 is 14.4. The number of carbonyl (C=O) groups is 2. The molecule has 1 unspecified atom stereocenters. The SMILES string of the molecule is CCc1ccc(NC(=O)C(C#N)C(=O)c2cc3c(F)cccc3s2)cc1. The number of anilines is 1. The Morgan fingerprint density at radius 3 is 2.58 bits per heavy atom. The molecular weight excluding hydrogens is 351 g/mol. The predicted molar refractivity (Wildman–Crippen MR) is 99.7 cm³/mol. The Hall–Kier alpha value is -3.04. The van der Waals surface area contributed by atoms with Crippen LogP contribution in [0.3, 0.4) is 0 Å². The molecule has 3 aromatic rings. The van der Waals surface area contributed by atoms with Crippen molar-refractivity contribution >= 4 is 38.8 Å². The smallest absolute Gasteiger partial charge is 0.249 e. The molecule has 3 rings (SSSR count). The van der Waals surface area contributed by atoms with Crippen LogP contribution in [0.2, 0.25) is 0 Å². The second kappa shape index (κ2) is 7.46. The Labute approximate surface area is 153 Å². The minimum atomic E-state index is -1.49. The maximum absolute atomic E-state index is 13.8. The molecule has 0 radical (unpaired) electrons. The van der Waals surface area contributed by atoms with Gasteiger partial charge in [-0.1, -0.05) is 25.1 Å². The molecule has 0 saturated heterocycles. The van der Waals surface area contributed by atoms with E-state index in [2.05, 4.69) is 5.32 Å². The molecule has 130 valence electrons. The molecular formula is C20H15FN2O2S. The van der Waals surface area contributed by atoms with Gasteiger partial charge in [-0.25, -0.2) is 4.39 Å². The number of rotatable bonds is 5. The van der Waals surface area contributed by atoms with E-state index in [0.717, 1.165) is 23.3 Å². The third-order valence-electron chi connectivity index (χ3n) is 4.03. The lowest BCUT2D eigenvalue weighted by atomic mass is 10.0.